The van der Waals surface area contributed by atoms with E-state index < -0.39 is 0 Å². The van der Waals surface area contributed by atoms with Gasteiger partial charge in [-0.15, -0.1) is 0 Å². The van der Waals surface area contributed by atoms with E-state index in [4.69, 9.17) is 10.00 Å². The van der Waals surface area contributed by atoms with E-state index in [9.17, 15) is 4.79 Å². The number of nitrogens with one attached hydrogen (secondary N) is 2. The van der Waals surface area contributed by atoms with Crippen LogP contribution < -0.4 is 15.4 Å². The lowest BCUT2D eigenvalue weighted by atomic mass is 10.0. The summed E-state index contributed by atoms with van der Waals surface area (Å²) >= 11 is 0. The Kier molecular flexibility index (Phi) is 7.64. The number of amides is 1. The third-order valence-electron chi connectivity index (χ3n) is 6.49. The van der Waals surface area contributed by atoms with Crippen LogP contribution in [-0.4, -0.2) is 55.1 Å². The van der Waals surface area contributed by atoms with Gasteiger partial charge in [-0.05, 0) is 49.0 Å². The molecule has 2 heterocycles. The summed E-state index contributed by atoms with van der Waals surface area (Å²) in [6.07, 6.45) is 1.92. The van der Waals surface area contributed by atoms with E-state index in [1.807, 2.05) is 42.5 Å². The first kappa shape index (κ1) is 24.2. The number of ether oxygens (including phenoxy) is 1. The molecular weight excluding hydrogens is 438 g/mol. The number of carbonyl (C=O) groups excluding carboxylic acids is 1. The minimum absolute atomic E-state index is 0.137. The quantitative estimate of drug-likeness (QED) is 0.468. The lowest BCUT2D eigenvalue weighted by Gasteiger charge is -2.31. The Morgan fingerprint density at radius 1 is 1.23 bits per heavy atom. The lowest BCUT2D eigenvalue weighted by molar-refractivity contribution is 0.0907. The van der Waals surface area contributed by atoms with E-state index in [1.165, 1.54) is 0 Å². The summed E-state index contributed by atoms with van der Waals surface area (Å²) in [5.74, 6) is 0.539. The minimum atomic E-state index is -0.137. The SMILES string of the molecule is C=C(C#N)CNc1c(OC)ccc2ccc(-c3cccc(C(=O)NC4CCN(CC)CC4)n3)cc12. The van der Waals surface area contributed by atoms with Gasteiger partial charge in [0.1, 0.15) is 11.4 Å². The van der Waals surface area contributed by atoms with Gasteiger partial charge in [0.25, 0.3) is 5.91 Å². The first-order valence-electron chi connectivity index (χ1n) is 12.0. The molecule has 1 aromatic heterocycles. The van der Waals surface area contributed by atoms with Crippen molar-refractivity contribution in [1.82, 2.24) is 15.2 Å². The van der Waals surface area contributed by atoms with Gasteiger partial charge in [0.2, 0.25) is 0 Å². The maximum absolute atomic E-state index is 12.9. The molecule has 7 nitrogen and oxygen atoms in total. The largest absolute Gasteiger partial charge is 0.495 e. The molecule has 4 rings (SSSR count). The molecule has 7 heteroatoms. The number of piperidine rings is 1. The highest BCUT2D eigenvalue weighted by atomic mass is 16.5. The highest BCUT2D eigenvalue weighted by molar-refractivity contribution is 5.99. The molecule has 1 amide bonds. The van der Waals surface area contributed by atoms with Crippen LogP contribution in [0.4, 0.5) is 5.69 Å². The number of hydrogen-bond acceptors (Lipinski definition) is 6. The number of methoxy groups -OCH3 is 1. The van der Waals surface area contributed by atoms with E-state index in [2.05, 4.69) is 40.1 Å². The number of hydrogen-bond donors (Lipinski definition) is 2. The third kappa shape index (κ3) is 5.61. The molecule has 0 bridgehead atoms. The lowest BCUT2D eigenvalue weighted by Crippen LogP contribution is -2.44. The Morgan fingerprint density at radius 3 is 2.71 bits per heavy atom. The molecule has 0 aliphatic carbocycles. The summed E-state index contributed by atoms with van der Waals surface area (Å²) in [6, 6.07) is 17.7. The summed E-state index contributed by atoms with van der Waals surface area (Å²) in [5, 5.41) is 17.5. The normalized spacial score (nSPS) is 14.3. The van der Waals surface area contributed by atoms with E-state index in [-0.39, 0.29) is 11.9 Å². The zero-order valence-corrected chi connectivity index (χ0v) is 20.3. The van der Waals surface area contributed by atoms with E-state index >= 15 is 0 Å². The first-order chi connectivity index (χ1) is 17.0. The zero-order chi connectivity index (χ0) is 24.8. The predicted molar refractivity (Wildman–Crippen MR) is 140 cm³/mol. The summed E-state index contributed by atoms with van der Waals surface area (Å²) in [6.45, 7) is 9.30. The van der Waals surface area contributed by atoms with Crippen molar-refractivity contribution < 1.29 is 9.53 Å². The van der Waals surface area contributed by atoms with Gasteiger partial charge in [-0.1, -0.05) is 37.8 Å². The maximum Gasteiger partial charge on any atom is 0.270 e. The molecule has 3 aromatic rings. The van der Waals surface area contributed by atoms with Gasteiger partial charge in [0.15, 0.2) is 0 Å². The molecule has 0 atom stereocenters. The average Bonchev–Trinajstić information content (AvgIpc) is 2.91. The van der Waals surface area contributed by atoms with Crippen molar-refractivity contribution in [2.24, 2.45) is 0 Å². The predicted octanol–water partition coefficient (Wildman–Crippen LogP) is 4.62. The summed E-state index contributed by atoms with van der Waals surface area (Å²) in [4.78, 5) is 20.0. The summed E-state index contributed by atoms with van der Waals surface area (Å²) in [5.41, 5.74) is 3.24. The number of nitrogens with zero attached hydrogens (tertiary/aromatic N) is 3. The van der Waals surface area contributed by atoms with Crippen LogP contribution in [0.15, 0.2) is 60.7 Å². The zero-order valence-electron chi connectivity index (χ0n) is 20.3. The molecule has 0 radical (unpaired) electrons. The number of carbonyl (C=O) groups is 1. The van der Waals surface area contributed by atoms with Crippen molar-refractivity contribution in [3.8, 4) is 23.1 Å². The van der Waals surface area contributed by atoms with Crippen LogP contribution >= 0.6 is 0 Å². The molecule has 2 aromatic carbocycles. The summed E-state index contributed by atoms with van der Waals surface area (Å²) < 4.78 is 5.55. The van der Waals surface area contributed by atoms with Crippen LogP contribution in [0.5, 0.6) is 5.75 Å². The molecule has 0 spiro atoms. The molecule has 1 saturated heterocycles. The Hall–Kier alpha value is -3.89. The number of rotatable bonds is 8. The van der Waals surface area contributed by atoms with Crippen molar-refractivity contribution in [2.75, 3.05) is 38.6 Å². The van der Waals surface area contributed by atoms with Gasteiger partial charge in [-0.3, -0.25) is 4.79 Å². The van der Waals surface area contributed by atoms with Gasteiger partial charge >= 0.3 is 0 Å². The highest BCUT2D eigenvalue weighted by Gasteiger charge is 2.21. The Labute approximate surface area is 206 Å². The standard InChI is InChI=1S/C28H31N5O2/c1-4-33-14-12-22(13-15-33)31-28(34)25-7-5-6-24(32-25)21-9-8-20-10-11-26(35-3)27(23(20)16-21)30-18-19(2)17-29/h5-11,16,22,30H,2,4,12-15,18H2,1,3H3,(H,31,34). The van der Waals surface area contributed by atoms with Gasteiger partial charge in [-0.25, -0.2) is 4.98 Å². The number of likely N-dealkylation sites (tertiary alicyclic amines) is 1. The van der Waals surface area contributed by atoms with E-state index in [0.29, 0.717) is 23.6 Å². The minimum Gasteiger partial charge on any atom is -0.495 e. The maximum atomic E-state index is 12.9. The molecule has 0 unspecified atom stereocenters. The fourth-order valence-corrected chi connectivity index (χ4v) is 4.42. The van der Waals surface area contributed by atoms with Crippen molar-refractivity contribution in [3.05, 3.63) is 66.4 Å². The number of benzene rings is 2. The van der Waals surface area contributed by atoms with E-state index in [1.54, 1.807) is 13.2 Å². The average molecular weight is 470 g/mol. The molecule has 1 aliphatic rings. The van der Waals surface area contributed by atoms with Crippen LogP contribution in [0, 0.1) is 11.3 Å². The highest BCUT2D eigenvalue weighted by Crippen LogP contribution is 2.35. The second-order valence-electron chi connectivity index (χ2n) is 8.74. The van der Waals surface area contributed by atoms with Crippen LogP contribution in [-0.2, 0) is 0 Å². The van der Waals surface area contributed by atoms with Gasteiger partial charge in [0.05, 0.1) is 24.6 Å². The van der Waals surface area contributed by atoms with Crippen LogP contribution in [0.2, 0.25) is 0 Å². The molecule has 0 saturated carbocycles. The van der Waals surface area contributed by atoms with Crippen molar-refractivity contribution in [1.29, 1.82) is 5.26 Å². The number of aromatic nitrogens is 1. The van der Waals surface area contributed by atoms with Crippen molar-refractivity contribution in [3.63, 3.8) is 0 Å². The Morgan fingerprint density at radius 2 is 2.00 bits per heavy atom. The monoisotopic (exact) mass is 469 g/mol. The fourth-order valence-electron chi connectivity index (χ4n) is 4.42. The van der Waals surface area contributed by atoms with Crippen LogP contribution in [0.25, 0.3) is 22.0 Å². The molecule has 1 fully saturated rings. The second kappa shape index (κ2) is 11.0. The first-order valence-corrected chi connectivity index (χ1v) is 12.0. The summed E-state index contributed by atoms with van der Waals surface area (Å²) in [7, 11) is 1.62. The molecule has 2 N–H and O–H groups in total. The topological polar surface area (TPSA) is 90.3 Å². The number of fused-ring (bicyclic) bond motifs is 1. The number of nitriles is 1. The Balaban J connectivity index is 1.59. The van der Waals surface area contributed by atoms with Crippen molar-refractivity contribution >= 4 is 22.4 Å². The Bertz CT molecular complexity index is 1270. The second-order valence-corrected chi connectivity index (χ2v) is 8.74. The third-order valence-corrected chi connectivity index (χ3v) is 6.49. The van der Waals surface area contributed by atoms with Gasteiger partial charge in [0, 0.05) is 42.2 Å². The van der Waals surface area contributed by atoms with E-state index in [0.717, 1.165) is 60.2 Å². The molecule has 1 aliphatic heterocycles. The van der Waals surface area contributed by atoms with Gasteiger partial charge in [-0.2, -0.15) is 5.26 Å². The smallest absolute Gasteiger partial charge is 0.270 e. The molecule has 35 heavy (non-hydrogen) atoms. The fraction of sp³-hybridized carbons (Fsp3) is 0.321. The van der Waals surface area contributed by atoms with Crippen LogP contribution in [0.3, 0.4) is 0 Å². The van der Waals surface area contributed by atoms with Gasteiger partial charge < -0.3 is 20.3 Å². The molecule has 180 valence electrons. The van der Waals surface area contributed by atoms with Crippen LogP contribution in [0.1, 0.15) is 30.3 Å². The number of pyridine rings is 1. The molecular formula is C28H31N5O2. The number of anilines is 1. The van der Waals surface area contributed by atoms with Crippen molar-refractivity contribution in [2.45, 2.75) is 25.8 Å².